The molecule has 0 saturated carbocycles. The maximum Gasteiger partial charge on any atom is 0.255 e. The van der Waals surface area contributed by atoms with Crippen molar-refractivity contribution in [2.24, 2.45) is 0 Å². The lowest BCUT2D eigenvalue weighted by Crippen LogP contribution is -2.52. The van der Waals surface area contributed by atoms with Gasteiger partial charge in [-0.3, -0.25) is 4.79 Å². The molecule has 1 aromatic carbocycles. The molecule has 3 N–H and O–H groups in total. The number of carbonyl (C=O) groups is 1. The van der Waals surface area contributed by atoms with Crippen LogP contribution in [0.3, 0.4) is 0 Å². The number of benzene rings is 1. The Morgan fingerprint density at radius 2 is 2.35 bits per heavy atom. The van der Waals surface area contributed by atoms with Crippen LogP contribution < -0.4 is 11.1 Å². The standard InChI is InChI=1S/C12H16ClN3O/c1-8-7-15-4-5-16(8)12(17)10-3-2-9(14)6-11(10)13/h2-3,6,8,15H,4-5,7,14H2,1H3/t8-/m0/s1. The van der Waals surface area contributed by atoms with Crippen LogP contribution in [0, 0.1) is 0 Å². The maximum absolute atomic E-state index is 12.3. The van der Waals surface area contributed by atoms with E-state index in [1.807, 2.05) is 11.8 Å². The summed E-state index contributed by atoms with van der Waals surface area (Å²) in [6, 6.07) is 5.19. The summed E-state index contributed by atoms with van der Waals surface area (Å²) in [4.78, 5) is 14.2. The van der Waals surface area contributed by atoms with Crippen molar-refractivity contribution in [2.45, 2.75) is 13.0 Å². The minimum absolute atomic E-state index is 0.0241. The third-order valence-corrected chi connectivity index (χ3v) is 3.30. The number of nitrogens with one attached hydrogen (secondary N) is 1. The van der Waals surface area contributed by atoms with Gasteiger partial charge in [0, 0.05) is 31.4 Å². The van der Waals surface area contributed by atoms with Crippen molar-refractivity contribution < 1.29 is 4.79 Å². The summed E-state index contributed by atoms with van der Waals surface area (Å²) in [7, 11) is 0. The number of hydrogen-bond donors (Lipinski definition) is 2. The molecule has 1 saturated heterocycles. The first-order valence-electron chi connectivity index (χ1n) is 5.66. The molecule has 1 heterocycles. The lowest BCUT2D eigenvalue weighted by Gasteiger charge is -2.34. The van der Waals surface area contributed by atoms with Crippen LogP contribution >= 0.6 is 11.6 Å². The Morgan fingerprint density at radius 1 is 1.59 bits per heavy atom. The van der Waals surface area contributed by atoms with E-state index < -0.39 is 0 Å². The number of anilines is 1. The number of amides is 1. The molecule has 1 atom stereocenters. The molecule has 0 spiro atoms. The first kappa shape index (κ1) is 12.2. The third kappa shape index (κ3) is 2.53. The number of nitrogens with two attached hydrogens (primary N) is 1. The molecule has 92 valence electrons. The molecule has 1 aliphatic heterocycles. The largest absolute Gasteiger partial charge is 0.399 e. The number of halogens is 1. The molecule has 4 nitrogen and oxygen atoms in total. The summed E-state index contributed by atoms with van der Waals surface area (Å²) >= 11 is 6.05. The molecule has 5 heteroatoms. The minimum Gasteiger partial charge on any atom is -0.399 e. The highest BCUT2D eigenvalue weighted by atomic mass is 35.5. The molecule has 0 radical (unpaired) electrons. The van der Waals surface area contributed by atoms with E-state index in [0.29, 0.717) is 22.8 Å². The Kier molecular flexibility index (Phi) is 3.54. The van der Waals surface area contributed by atoms with E-state index in [2.05, 4.69) is 5.32 Å². The van der Waals surface area contributed by atoms with Gasteiger partial charge in [0.05, 0.1) is 10.6 Å². The van der Waals surface area contributed by atoms with Gasteiger partial charge in [0.15, 0.2) is 0 Å². The smallest absolute Gasteiger partial charge is 0.255 e. The average molecular weight is 254 g/mol. The molecule has 0 bridgehead atoms. The van der Waals surface area contributed by atoms with Crippen LogP contribution in [-0.4, -0.2) is 36.5 Å². The molecular weight excluding hydrogens is 238 g/mol. The second-order valence-corrected chi connectivity index (χ2v) is 4.70. The van der Waals surface area contributed by atoms with Crippen LogP contribution in [0.15, 0.2) is 18.2 Å². The van der Waals surface area contributed by atoms with Gasteiger partial charge < -0.3 is 16.0 Å². The number of carbonyl (C=O) groups excluding carboxylic acids is 1. The van der Waals surface area contributed by atoms with Gasteiger partial charge in [0.1, 0.15) is 0 Å². The van der Waals surface area contributed by atoms with Gasteiger partial charge in [0.25, 0.3) is 5.91 Å². The maximum atomic E-state index is 12.3. The van der Waals surface area contributed by atoms with Crippen molar-refractivity contribution in [3.8, 4) is 0 Å². The molecule has 0 aromatic heterocycles. The molecule has 0 unspecified atom stereocenters. The van der Waals surface area contributed by atoms with Crippen LogP contribution in [0.5, 0.6) is 0 Å². The zero-order valence-corrected chi connectivity index (χ0v) is 10.5. The highest BCUT2D eigenvalue weighted by molar-refractivity contribution is 6.34. The predicted molar refractivity (Wildman–Crippen MR) is 69.2 cm³/mol. The van der Waals surface area contributed by atoms with Gasteiger partial charge in [0.2, 0.25) is 0 Å². The first-order chi connectivity index (χ1) is 8.09. The Bertz CT molecular complexity index is 436. The summed E-state index contributed by atoms with van der Waals surface area (Å²) in [5, 5.41) is 3.67. The zero-order chi connectivity index (χ0) is 12.4. The van der Waals surface area contributed by atoms with Crippen LogP contribution in [0.2, 0.25) is 5.02 Å². The Hall–Kier alpha value is -1.26. The second-order valence-electron chi connectivity index (χ2n) is 4.29. The quantitative estimate of drug-likeness (QED) is 0.743. The molecule has 1 amide bonds. The Morgan fingerprint density at radius 3 is 3.00 bits per heavy atom. The van der Waals surface area contributed by atoms with Crippen molar-refractivity contribution in [1.29, 1.82) is 0 Å². The van der Waals surface area contributed by atoms with E-state index in [4.69, 9.17) is 17.3 Å². The summed E-state index contributed by atoms with van der Waals surface area (Å²) in [5.41, 5.74) is 6.71. The van der Waals surface area contributed by atoms with Gasteiger partial charge in [-0.05, 0) is 25.1 Å². The number of hydrogen-bond acceptors (Lipinski definition) is 3. The summed E-state index contributed by atoms with van der Waals surface area (Å²) in [5.74, 6) is -0.0241. The van der Waals surface area contributed by atoms with Gasteiger partial charge in [-0.2, -0.15) is 0 Å². The normalized spacial score (nSPS) is 20.4. The summed E-state index contributed by atoms with van der Waals surface area (Å²) < 4.78 is 0. The van der Waals surface area contributed by atoms with Gasteiger partial charge in [-0.15, -0.1) is 0 Å². The molecule has 1 aromatic rings. The predicted octanol–water partition coefficient (Wildman–Crippen LogP) is 1.36. The van der Waals surface area contributed by atoms with Crippen LogP contribution in [0.1, 0.15) is 17.3 Å². The fourth-order valence-corrected chi connectivity index (χ4v) is 2.27. The molecule has 2 rings (SSSR count). The van der Waals surface area contributed by atoms with E-state index in [9.17, 15) is 4.79 Å². The first-order valence-corrected chi connectivity index (χ1v) is 6.04. The second kappa shape index (κ2) is 4.94. The van der Waals surface area contributed by atoms with Crippen molar-refractivity contribution in [3.05, 3.63) is 28.8 Å². The van der Waals surface area contributed by atoms with E-state index in [1.54, 1.807) is 18.2 Å². The van der Waals surface area contributed by atoms with Crippen LogP contribution in [0.4, 0.5) is 5.69 Å². The summed E-state index contributed by atoms with van der Waals surface area (Å²) in [6.45, 7) is 4.37. The minimum atomic E-state index is -0.0241. The lowest BCUT2D eigenvalue weighted by atomic mass is 10.1. The van der Waals surface area contributed by atoms with Crippen molar-refractivity contribution in [3.63, 3.8) is 0 Å². The fourth-order valence-electron chi connectivity index (χ4n) is 2.00. The zero-order valence-electron chi connectivity index (χ0n) is 9.74. The molecule has 0 aliphatic carbocycles. The molecular formula is C12H16ClN3O. The molecule has 1 aliphatic rings. The highest BCUT2D eigenvalue weighted by Crippen LogP contribution is 2.21. The lowest BCUT2D eigenvalue weighted by molar-refractivity contribution is 0.0656. The van der Waals surface area contributed by atoms with Gasteiger partial charge >= 0.3 is 0 Å². The van der Waals surface area contributed by atoms with E-state index in [0.717, 1.165) is 13.1 Å². The third-order valence-electron chi connectivity index (χ3n) is 2.99. The Balaban J connectivity index is 2.24. The average Bonchev–Trinajstić information content (AvgIpc) is 2.29. The molecule has 1 fully saturated rings. The molecule has 17 heavy (non-hydrogen) atoms. The number of nitrogen functional groups attached to an aromatic ring is 1. The number of nitrogens with zero attached hydrogens (tertiary/aromatic N) is 1. The van der Waals surface area contributed by atoms with E-state index in [1.165, 1.54) is 0 Å². The van der Waals surface area contributed by atoms with Crippen LogP contribution in [-0.2, 0) is 0 Å². The highest BCUT2D eigenvalue weighted by Gasteiger charge is 2.25. The van der Waals surface area contributed by atoms with Crippen LogP contribution in [0.25, 0.3) is 0 Å². The summed E-state index contributed by atoms with van der Waals surface area (Å²) in [6.07, 6.45) is 0. The van der Waals surface area contributed by atoms with Gasteiger partial charge in [-0.1, -0.05) is 11.6 Å². The van der Waals surface area contributed by atoms with E-state index in [-0.39, 0.29) is 11.9 Å². The van der Waals surface area contributed by atoms with Crippen molar-refractivity contribution >= 4 is 23.2 Å². The van der Waals surface area contributed by atoms with Crippen molar-refractivity contribution in [1.82, 2.24) is 10.2 Å². The monoisotopic (exact) mass is 253 g/mol. The van der Waals surface area contributed by atoms with Gasteiger partial charge in [-0.25, -0.2) is 0 Å². The topological polar surface area (TPSA) is 58.4 Å². The number of piperazine rings is 1. The SMILES string of the molecule is C[C@H]1CNCCN1C(=O)c1ccc(N)cc1Cl. The van der Waals surface area contributed by atoms with Crippen molar-refractivity contribution in [2.75, 3.05) is 25.4 Å². The fraction of sp³-hybridized carbons (Fsp3) is 0.417. The number of rotatable bonds is 1. The van der Waals surface area contributed by atoms with E-state index >= 15 is 0 Å². The Labute approximate surface area is 106 Å².